The summed E-state index contributed by atoms with van der Waals surface area (Å²) in [6, 6.07) is 4.92. The number of halogens is 2. The summed E-state index contributed by atoms with van der Waals surface area (Å²) in [5.74, 6) is -0.725. The molecule has 1 amide bonds. The first kappa shape index (κ1) is 16.2. The van der Waals surface area contributed by atoms with Crippen LogP contribution in [-0.2, 0) is 11.3 Å². The summed E-state index contributed by atoms with van der Waals surface area (Å²) in [4.78, 5) is 25.1. The molecule has 0 saturated carbocycles. The van der Waals surface area contributed by atoms with Crippen LogP contribution in [0.3, 0.4) is 0 Å². The summed E-state index contributed by atoms with van der Waals surface area (Å²) >= 11 is 11.9. The van der Waals surface area contributed by atoms with Gasteiger partial charge < -0.3 is 15.4 Å². The van der Waals surface area contributed by atoms with E-state index in [0.29, 0.717) is 28.7 Å². The summed E-state index contributed by atoms with van der Waals surface area (Å²) in [5, 5.41) is 17.4. The van der Waals surface area contributed by atoms with Crippen molar-refractivity contribution in [2.75, 3.05) is 5.32 Å². The van der Waals surface area contributed by atoms with Crippen molar-refractivity contribution >= 4 is 40.7 Å². The molecule has 2 aromatic rings. The fourth-order valence-electron chi connectivity index (χ4n) is 1.70. The molecule has 0 aliphatic heterocycles. The number of carbonyl (C=O) groups is 1. The van der Waals surface area contributed by atoms with E-state index in [0.717, 1.165) is 0 Å². The molecule has 0 spiro atoms. The number of anilines is 1. The molecule has 1 aromatic heterocycles. The van der Waals surface area contributed by atoms with Crippen molar-refractivity contribution in [1.29, 1.82) is 0 Å². The number of aromatic nitrogens is 3. The Morgan fingerprint density at radius 3 is 2.64 bits per heavy atom. The maximum absolute atomic E-state index is 11.8. The van der Waals surface area contributed by atoms with Gasteiger partial charge in [-0.1, -0.05) is 34.3 Å². The number of hydrogen-bond acceptors (Lipinski definition) is 5. The molecule has 1 heterocycles. The molecular formula is C12H11Cl2N5O3. The van der Waals surface area contributed by atoms with Crippen LogP contribution >= 0.6 is 23.2 Å². The Hall–Kier alpha value is -2.19. The molecule has 2 rings (SSSR count). The van der Waals surface area contributed by atoms with E-state index < -0.39 is 10.9 Å². The van der Waals surface area contributed by atoms with Gasteiger partial charge in [0.1, 0.15) is 0 Å². The Labute approximate surface area is 135 Å². The lowest BCUT2D eigenvalue weighted by Gasteiger charge is -2.08. The lowest BCUT2D eigenvalue weighted by Crippen LogP contribution is -2.13. The first-order chi connectivity index (χ1) is 10.5. The number of nitro groups is 1. The number of nitrogens with one attached hydrogen (secondary N) is 1. The van der Waals surface area contributed by atoms with E-state index in [1.807, 2.05) is 0 Å². The maximum atomic E-state index is 11.8. The highest BCUT2D eigenvalue weighted by Crippen LogP contribution is 2.29. The second-order valence-corrected chi connectivity index (χ2v) is 5.13. The molecule has 1 N–H and O–H groups in total. The minimum atomic E-state index is -0.678. The van der Waals surface area contributed by atoms with Crippen LogP contribution in [0.2, 0.25) is 10.0 Å². The topological polar surface area (TPSA) is 103 Å². The Balaban J connectivity index is 1.84. The minimum Gasteiger partial charge on any atom is -0.390 e. The predicted molar refractivity (Wildman–Crippen MR) is 81.0 cm³/mol. The van der Waals surface area contributed by atoms with Gasteiger partial charge in [0.25, 0.3) is 0 Å². The fraction of sp³-hybridized carbons (Fsp3) is 0.250. The second-order valence-electron chi connectivity index (χ2n) is 4.31. The molecule has 1 aromatic carbocycles. The van der Waals surface area contributed by atoms with Gasteiger partial charge in [-0.2, -0.15) is 4.68 Å². The van der Waals surface area contributed by atoms with E-state index in [-0.39, 0.29) is 12.3 Å². The third-order valence-electron chi connectivity index (χ3n) is 2.71. The summed E-state index contributed by atoms with van der Waals surface area (Å²) in [6.07, 6.45) is 1.88. The van der Waals surface area contributed by atoms with E-state index in [1.165, 1.54) is 11.0 Å². The van der Waals surface area contributed by atoms with Crippen molar-refractivity contribution < 1.29 is 9.72 Å². The maximum Gasteiger partial charge on any atom is 0.490 e. The molecule has 8 nitrogen and oxygen atoms in total. The zero-order valence-electron chi connectivity index (χ0n) is 11.2. The molecule has 0 unspecified atom stereocenters. The molecular weight excluding hydrogens is 333 g/mol. The van der Waals surface area contributed by atoms with Gasteiger partial charge in [-0.25, -0.2) is 0 Å². The van der Waals surface area contributed by atoms with Gasteiger partial charge in [-0.05, 0) is 23.5 Å². The largest absolute Gasteiger partial charge is 0.490 e. The van der Waals surface area contributed by atoms with Crippen LogP contribution < -0.4 is 5.32 Å². The van der Waals surface area contributed by atoms with Crippen LogP contribution in [0.4, 0.5) is 11.6 Å². The normalized spacial score (nSPS) is 10.5. The van der Waals surface area contributed by atoms with E-state index in [2.05, 4.69) is 15.4 Å². The van der Waals surface area contributed by atoms with Gasteiger partial charge in [-0.3, -0.25) is 4.79 Å². The standard InChI is InChI=1S/C12H11Cl2N5O3/c13-8-3-1-4-9(14)11(8)16-10(20)5-2-6-18-7-15-12(17-18)19(21)22/h1,3-4,7H,2,5-6H2,(H,16,20). The number of carbonyl (C=O) groups excluding carboxylic acids is 1. The van der Waals surface area contributed by atoms with Crippen LogP contribution in [0.5, 0.6) is 0 Å². The molecule has 0 bridgehead atoms. The monoisotopic (exact) mass is 343 g/mol. The minimum absolute atomic E-state index is 0.190. The zero-order chi connectivity index (χ0) is 16.1. The Kier molecular flexibility index (Phi) is 5.29. The molecule has 0 radical (unpaired) electrons. The van der Waals surface area contributed by atoms with E-state index >= 15 is 0 Å². The van der Waals surface area contributed by atoms with E-state index in [1.54, 1.807) is 18.2 Å². The number of amides is 1. The van der Waals surface area contributed by atoms with Crippen molar-refractivity contribution in [2.24, 2.45) is 0 Å². The second kappa shape index (κ2) is 7.19. The molecule has 116 valence electrons. The van der Waals surface area contributed by atoms with E-state index in [4.69, 9.17) is 23.2 Å². The molecule has 0 saturated heterocycles. The van der Waals surface area contributed by atoms with Crippen molar-refractivity contribution in [1.82, 2.24) is 14.8 Å². The van der Waals surface area contributed by atoms with Crippen LogP contribution in [0.15, 0.2) is 24.5 Å². The van der Waals surface area contributed by atoms with Gasteiger partial charge >= 0.3 is 5.95 Å². The van der Waals surface area contributed by atoms with E-state index in [9.17, 15) is 14.9 Å². The molecule has 0 atom stereocenters. The third kappa shape index (κ3) is 4.15. The van der Waals surface area contributed by atoms with Gasteiger partial charge in [0.15, 0.2) is 0 Å². The quantitative estimate of drug-likeness (QED) is 0.641. The van der Waals surface area contributed by atoms with Crippen molar-refractivity contribution in [3.05, 3.63) is 44.7 Å². The summed E-state index contributed by atoms with van der Waals surface area (Å²) < 4.78 is 1.31. The number of nitrogens with zero attached hydrogens (tertiary/aromatic N) is 4. The number of hydrogen-bond donors (Lipinski definition) is 1. The SMILES string of the molecule is O=C(CCCn1cnc([N+](=O)[O-])n1)Nc1c(Cl)cccc1Cl. The Morgan fingerprint density at radius 2 is 2.05 bits per heavy atom. The van der Waals surface area contributed by atoms with Gasteiger partial charge in [0, 0.05) is 11.5 Å². The summed E-state index contributed by atoms with van der Waals surface area (Å²) in [5.41, 5.74) is 0.368. The number of para-hydroxylation sites is 1. The number of rotatable bonds is 6. The highest BCUT2D eigenvalue weighted by atomic mass is 35.5. The summed E-state index contributed by atoms with van der Waals surface area (Å²) in [6.45, 7) is 0.338. The highest BCUT2D eigenvalue weighted by Gasteiger charge is 2.13. The van der Waals surface area contributed by atoms with Crippen LogP contribution in [0.1, 0.15) is 12.8 Å². The Morgan fingerprint density at radius 1 is 1.36 bits per heavy atom. The first-order valence-electron chi connectivity index (χ1n) is 6.25. The summed E-state index contributed by atoms with van der Waals surface area (Å²) in [7, 11) is 0. The lowest BCUT2D eigenvalue weighted by atomic mass is 10.2. The Bertz CT molecular complexity index is 684. The smallest absolute Gasteiger partial charge is 0.390 e. The van der Waals surface area contributed by atoms with Gasteiger partial charge in [-0.15, -0.1) is 0 Å². The molecule has 0 aliphatic rings. The van der Waals surface area contributed by atoms with Crippen molar-refractivity contribution in [2.45, 2.75) is 19.4 Å². The first-order valence-corrected chi connectivity index (χ1v) is 7.00. The molecule has 0 aliphatic carbocycles. The zero-order valence-corrected chi connectivity index (χ0v) is 12.7. The number of benzene rings is 1. The van der Waals surface area contributed by atoms with Crippen LogP contribution in [0.25, 0.3) is 0 Å². The van der Waals surface area contributed by atoms with Gasteiger partial charge in [0.05, 0.1) is 22.3 Å². The highest BCUT2D eigenvalue weighted by molar-refractivity contribution is 6.39. The lowest BCUT2D eigenvalue weighted by molar-refractivity contribution is -0.394. The third-order valence-corrected chi connectivity index (χ3v) is 3.34. The fourth-order valence-corrected chi connectivity index (χ4v) is 2.19. The van der Waals surface area contributed by atoms with Crippen LogP contribution in [0, 0.1) is 10.1 Å². The predicted octanol–water partition coefficient (Wildman–Crippen LogP) is 2.91. The number of aryl methyl sites for hydroxylation is 1. The molecule has 22 heavy (non-hydrogen) atoms. The average molecular weight is 344 g/mol. The average Bonchev–Trinajstić information content (AvgIpc) is 2.92. The van der Waals surface area contributed by atoms with Crippen molar-refractivity contribution in [3.8, 4) is 0 Å². The molecule has 0 fully saturated rings. The van der Waals surface area contributed by atoms with Crippen LogP contribution in [-0.4, -0.2) is 25.6 Å². The van der Waals surface area contributed by atoms with Crippen molar-refractivity contribution in [3.63, 3.8) is 0 Å². The molecule has 10 heteroatoms. The van der Waals surface area contributed by atoms with Gasteiger partial charge in [0.2, 0.25) is 12.2 Å².